The number of nitrogens with zero attached hydrogens (tertiary/aromatic N) is 1. The molecule has 1 saturated carbocycles. The second kappa shape index (κ2) is 4.06. The lowest BCUT2D eigenvalue weighted by Crippen LogP contribution is -2.45. The quantitative estimate of drug-likeness (QED) is 0.762. The minimum absolute atomic E-state index is 0.0941. The first-order chi connectivity index (χ1) is 6.63. The molecule has 2 atom stereocenters. The zero-order valence-corrected chi connectivity index (χ0v) is 11.2. The van der Waals surface area contributed by atoms with Gasteiger partial charge >= 0.3 is 0 Å². The van der Waals surface area contributed by atoms with Crippen LogP contribution in [0.3, 0.4) is 0 Å². The van der Waals surface area contributed by atoms with Crippen LogP contribution >= 0.6 is 0 Å². The van der Waals surface area contributed by atoms with Gasteiger partial charge in [-0.3, -0.25) is 0 Å². The summed E-state index contributed by atoms with van der Waals surface area (Å²) in [6.45, 7) is 12.1. The van der Waals surface area contributed by atoms with Crippen molar-refractivity contribution in [2.24, 2.45) is 10.8 Å². The fourth-order valence-corrected chi connectivity index (χ4v) is 2.67. The van der Waals surface area contributed by atoms with E-state index in [2.05, 4.69) is 46.6 Å². The van der Waals surface area contributed by atoms with Crippen molar-refractivity contribution in [3.8, 4) is 0 Å². The highest BCUT2D eigenvalue weighted by molar-refractivity contribution is 4.96. The Kier molecular flexibility index (Phi) is 3.52. The highest BCUT2D eigenvalue weighted by Crippen LogP contribution is 2.39. The van der Waals surface area contributed by atoms with E-state index in [1.54, 1.807) is 0 Å². The summed E-state index contributed by atoms with van der Waals surface area (Å²) in [4.78, 5) is 2.33. The molecule has 0 spiro atoms. The van der Waals surface area contributed by atoms with Crippen molar-refractivity contribution in [3.05, 3.63) is 0 Å². The van der Waals surface area contributed by atoms with Crippen LogP contribution in [0.25, 0.3) is 0 Å². The zero-order chi connectivity index (χ0) is 11.9. The van der Waals surface area contributed by atoms with Crippen LogP contribution in [0.5, 0.6) is 0 Å². The van der Waals surface area contributed by atoms with Gasteiger partial charge in [0.1, 0.15) is 0 Å². The number of hydrogen-bond donors (Lipinski definition) is 1. The smallest absolute Gasteiger partial charge is 0.0746 e. The molecule has 1 aliphatic carbocycles. The van der Waals surface area contributed by atoms with E-state index in [0.717, 1.165) is 19.4 Å². The van der Waals surface area contributed by atoms with Gasteiger partial charge in [-0.15, -0.1) is 0 Å². The van der Waals surface area contributed by atoms with Crippen LogP contribution in [0.1, 0.15) is 47.5 Å². The highest BCUT2D eigenvalue weighted by Gasteiger charge is 2.42. The molecular formula is C13H27NO. The molecule has 2 nitrogen and oxygen atoms in total. The first-order valence-electron chi connectivity index (χ1n) is 6.02. The van der Waals surface area contributed by atoms with Gasteiger partial charge in [0.25, 0.3) is 0 Å². The van der Waals surface area contributed by atoms with E-state index in [-0.39, 0.29) is 11.5 Å². The van der Waals surface area contributed by atoms with Crippen LogP contribution in [-0.4, -0.2) is 35.7 Å². The minimum Gasteiger partial charge on any atom is -0.391 e. The van der Waals surface area contributed by atoms with E-state index >= 15 is 0 Å². The summed E-state index contributed by atoms with van der Waals surface area (Å²) in [5, 5.41) is 10.2. The predicted octanol–water partition coefficient (Wildman–Crippen LogP) is 2.51. The highest BCUT2D eigenvalue weighted by atomic mass is 16.3. The van der Waals surface area contributed by atoms with E-state index in [1.165, 1.54) is 0 Å². The van der Waals surface area contributed by atoms with Crippen LogP contribution < -0.4 is 0 Å². The van der Waals surface area contributed by atoms with Crippen molar-refractivity contribution in [3.63, 3.8) is 0 Å². The fraction of sp³-hybridized carbons (Fsp3) is 1.00. The second-order valence-corrected chi connectivity index (χ2v) is 7.02. The Labute approximate surface area is 94.7 Å². The van der Waals surface area contributed by atoms with Crippen molar-refractivity contribution in [1.29, 1.82) is 0 Å². The maximum absolute atomic E-state index is 10.2. The zero-order valence-electron chi connectivity index (χ0n) is 11.2. The topological polar surface area (TPSA) is 23.5 Å². The Balaban J connectivity index is 2.59. The predicted molar refractivity (Wildman–Crippen MR) is 64.9 cm³/mol. The monoisotopic (exact) mass is 213 g/mol. The first kappa shape index (κ1) is 13.0. The Morgan fingerprint density at radius 3 is 2.20 bits per heavy atom. The first-order valence-corrected chi connectivity index (χ1v) is 6.02. The molecule has 1 N–H and O–H groups in total. The van der Waals surface area contributed by atoms with Gasteiger partial charge in [-0.25, -0.2) is 0 Å². The van der Waals surface area contributed by atoms with E-state index in [0.29, 0.717) is 11.5 Å². The van der Waals surface area contributed by atoms with E-state index in [9.17, 15) is 5.11 Å². The fourth-order valence-electron chi connectivity index (χ4n) is 2.67. The van der Waals surface area contributed by atoms with Gasteiger partial charge in [0.05, 0.1) is 6.10 Å². The molecule has 0 aromatic rings. The van der Waals surface area contributed by atoms with Crippen molar-refractivity contribution < 1.29 is 5.11 Å². The van der Waals surface area contributed by atoms with Crippen LogP contribution in [-0.2, 0) is 0 Å². The molecule has 0 radical (unpaired) electrons. The number of rotatable bonds is 2. The SMILES string of the molecule is CN(CC(C)(C)C)C1CCC(C)(C)C1O. The van der Waals surface area contributed by atoms with Crippen molar-refractivity contribution >= 4 is 0 Å². The number of aliphatic hydroxyl groups is 1. The lowest BCUT2D eigenvalue weighted by atomic mass is 9.88. The Morgan fingerprint density at radius 1 is 1.33 bits per heavy atom. The molecule has 0 aliphatic heterocycles. The van der Waals surface area contributed by atoms with Crippen LogP contribution in [0.15, 0.2) is 0 Å². The van der Waals surface area contributed by atoms with Gasteiger partial charge < -0.3 is 10.0 Å². The van der Waals surface area contributed by atoms with E-state index in [4.69, 9.17) is 0 Å². The molecule has 1 fully saturated rings. The molecule has 1 aliphatic rings. The maximum Gasteiger partial charge on any atom is 0.0746 e. The summed E-state index contributed by atoms with van der Waals surface area (Å²) in [7, 11) is 2.14. The third-order valence-electron chi connectivity index (χ3n) is 3.54. The normalized spacial score (nSPS) is 31.2. The summed E-state index contributed by atoms with van der Waals surface area (Å²) in [5.74, 6) is 0. The van der Waals surface area contributed by atoms with E-state index in [1.807, 2.05) is 0 Å². The summed E-state index contributed by atoms with van der Waals surface area (Å²) < 4.78 is 0. The number of aliphatic hydroxyl groups excluding tert-OH is 1. The molecule has 2 unspecified atom stereocenters. The van der Waals surface area contributed by atoms with Crippen molar-refractivity contribution in [2.45, 2.75) is 59.6 Å². The molecule has 1 rings (SSSR count). The van der Waals surface area contributed by atoms with Crippen LogP contribution in [0, 0.1) is 10.8 Å². The summed E-state index contributed by atoms with van der Waals surface area (Å²) in [5.41, 5.74) is 0.401. The molecule has 0 aromatic heterocycles. The number of likely N-dealkylation sites (N-methyl/N-ethyl adjacent to an activating group) is 1. The standard InChI is InChI=1S/C13H27NO/c1-12(2,3)9-14(6)10-7-8-13(4,5)11(10)15/h10-11,15H,7-9H2,1-6H3. The molecule has 0 saturated heterocycles. The Hall–Kier alpha value is -0.0800. The maximum atomic E-state index is 10.2. The lowest BCUT2D eigenvalue weighted by Gasteiger charge is -2.35. The summed E-state index contributed by atoms with van der Waals surface area (Å²) in [6.07, 6.45) is 2.08. The Morgan fingerprint density at radius 2 is 1.87 bits per heavy atom. The van der Waals surface area contributed by atoms with Crippen molar-refractivity contribution in [1.82, 2.24) is 4.90 Å². The van der Waals surface area contributed by atoms with Crippen molar-refractivity contribution in [2.75, 3.05) is 13.6 Å². The minimum atomic E-state index is -0.176. The molecule has 90 valence electrons. The van der Waals surface area contributed by atoms with Gasteiger partial charge in [-0.05, 0) is 30.7 Å². The third-order valence-corrected chi connectivity index (χ3v) is 3.54. The average Bonchev–Trinajstić information content (AvgIpc) is 2.24. The van der Waals surface area contributed by atoms with Gasteiger partial charge in [-0.1, -0.05) is 34.6 Å². The van der Waals surface area contributed by atoms with Crippen LogP contribution in [0.2, 0.25) is 0 Å². The molecular weight excluding hydrogens is 186 g/mol. The van der Waals surface area contributed by atoms with Gasteiger partial charge in [0.15, 0.2) is 0 Å². The lowest BCUT2D eigenvalue weighted by molar-refractivity contribution is 0.0143. The van der Waals surface area contributed by atoms with Gasteiger partial charge in [-0.2, -0.15) is 0 Å². The molecule has 0 amide bonds. The summed E-state index contributed by atoms with van der Waals surface area (Å²) in [6, 6.07) is 0.347. The largest absolute Gasteiger partial charge is 0.391 e. The third kappa shape index (κ3) is 3.18. The van der Waals surface area contributed by atoms with E-state index < -0.39 is 0 Å². The molecule has 0 bridgehead atoms. The molecule has 2 heteroatoms. The molecule has 0 heterocycles. The average molecular weight is 213 g/mol. The van der Waals surface area contributed by atoms with Gasteiger partial charge in [0, 0.05) is 12.6 Å². The van der Waals surface area contributed by atoms with Gasteiger partial charge in [0.2, 0.25) is 0 Å². The Bertz CT molecular complexity index is 217. The summed E-state index contributed by atoms with van der Waals surface area (Å²) >= 11 is 0. The molecule has 15 heavy (non-hydrogen) atoms. The molecule has 0 aromatic carbocycles. The second-order valence-electron chi connectivity index (χ2n) is 7.02. The number of hydrogen-bond acceptors (Lipinski definition) is 2. The van der Waals surface area contributed by atoms with Crippen LogP contribution in [0.4, 0.5) is 0 Å².